The van der Waals surface area contributed by atoms with Gasteiger partial charge in [-0.1, -0.05) is 32.0 Å². The van der Waals surface area contributed by atoms with Crippen molar-refractivity contribution in [2.75, 3.05) is 5.88 Å². The van der Waals surface area contributed by atoms with E-state index in [0.717, 1.165) is 24.9 Å². The maximum absolute atomic E-state index is 6.11. The van der Waals surface area contributed by atoms with Gasteiger partial charge < -0.3 is 5.32 Å². The lowest BCUT2D eigenvalue weighted by Crippen LogP contribution is -2.45. The fourth-order valence-corrected chi connectivity index (χ4v) is 2.71. The van der Waals surface area contributed by atoms with E-state index in [-0.39, 0.29) is 5.54 Å². The zero-order chi connectivity index (χ0) is 13.7. The van der Waals surface area contributed by atoms with E-state index in [0.29, 0.717) is 5.88 Å². The van der Waals surface area contributed by atoms with Crippen molar-refractivity contribution in [2.24, 2.45) is 0 Å². The van der Waals surface area contributed by atoms with Gasteiger partial charge in [-0.2, -0.15) is 0 Å². The van der Waals surface area contributed by atoms with E-state index in [2.05, 4.69) is 36.3 Å². The maximum atomic E-state index is 6.11. The van der Waals surface area contributed by atoms with Gasteiger partial charge in [0.2, 0.25) is 0 Å². The molecule has 0 saturated heterocycles. The minimum absolute atomic E-state index is 0.0349. The molecule has 0 aliphatic rings. The summed E-state index contributed by atoms with van der Waals surface area (Å²) in [6, 6.07) is 10.4. The molecule has 102 valence electrons. The smallest absolute Gasteiger partial charge is 0.0702 e. The van der Waals surface area contributed by atoms with E-state index in [9.17, 15) is 0 Å². The number of fused-ring (bicyclic) bond motifs is 1. The summed E-state index contributed by atoms with van der Waals surface area (Å²) in [5.41, 5.74) is 2.28. The molecular formula is C16H21ClN2. The lowest BCUT2D eigenvalue weighted by Gasteiger charge is -2.30. The lowest BCUT2D eigenvalue weighted by molar-refractivity contribution is 0.334. The molecule has 19 heavy (non-hydrogen) atoms. The molecular weight excluding hydrogens is 256 g/mol. The minimum Gasteiger partial charge on any atom is -0.306 e. The lowest BCUT2D eigenvalue weighted by atomic mass is 9.95. The SMILES string of the molecule is CCC(CC)(CCl)NCc1cnc2ccccc2c1. The van der Waals surface area contributed by atoms with Crippen LogP contribution in [-0.4, -0.2) is 16.4 Å². The molecule has 0 aliphatic carbocycles. The van der Waals surface area contributed by atoms with Crippen molar-refractivity contribution in [3.05, 3.63) is 42.1 Å². The first kappa shape index (κ1) is 14.3. The molecule has 0 aliphatic heterocycles. The molecule has 1 N–H and O–H groups in total. The predicted molar refractivity (Wildman–Crippen MR) is 82.6 cm³/mol. The average molecular weight is 277 g/mol. The van der Waals surface area contributed by atoms with Crippen molar-refractivity contribution in [3.8, 4) is 0 Å². The van der Waals surface area contributed by atoms with Gasteiger partial charge in [-0.25, -0.2) is 0 Å². The van der Waals surface area contributed by atoms with Gasteiger partial charge in [-0.05, 0) is 30.5 Å². The van der Waals surface area contributed by atoms with Crippen molar-refractivity contribution < 1.29 is 0 Å². The summed E-state index contributed by atoms with van der Waals surface area (Å²) in [7, 11) is 0. The minimum atomic E-state index is 0.0349. The number of para-hydroxylation sites is 1. The quantitative estimate of drug-likeness (QED) is 0.803. The van der Waals surface area contributed by atoms with Crippen molar-refractivity contribution in [2.45, 2.75) is 38.8 Å². The van der Waals surface area contributed by atoms with Crippen molar-refractivity contribution in [1.82, 2.24) is 10.3 Å². The van der Waals surface area contributed by atoms with E-state index in [1.165, 1.54) is 10.9 Å². The Kier molecular flexibility index (Phi) is 4.78. The molecule has 2 nitrogen and oxygen atoms in total. The number of aromatic nitrogens is 1. The summed E-state index contributed by atoms with van der Waals surface area (Å²) < 4.78 is 0. The second-order valence-electron chi connectivity index (χ2n) is 5.01. The summed E-state index contributed by atoms with van der Waals surface area (Å²) in [4.78, 5) is 4.49. The van der Waals surface area contributed by atoms with Crippen molar-refractivity contribution in [3.63, 3.8) is 0 Å². The molecule has 1 aromatic heterocycles. The summed E-state index contributed by atoms with van der Waals surface area (Å²) in [5.74, 6) is 0.640. The molecule has 2 rings (SSSR count). The van der Waals surface area contributed by atoms with Crippen LogP contribution in [0.4, 0.5) is 0 Å². The first-order valence-corrected chi connectivity index (χ1v) is 7.41. The van der Waals surface area contributed by atoms with E-state index in [1.54, 1.807) is 0 Å². The van der Waals surface area contributed by atoms with Crippen molar-refractivity contribution >= 4 is 22.5 Å². The van der Waals surface area contributed by atoms with Crippen LogP contribution in [-0.2, 0) is 6.54 Å². The third-order valence-corrected chi connectivity index (χ3v) is 4.44. The largest absolute Gasteiger partial charge is 0.306 e. The number of hydrogen-bond donors (Lipinski definition) is 1. The second-order valence-corrected chi connectivity index (χ2v) is 5.28. The number of pyridine rings is 1. The van der Waals surface area contributed by atoms with Crippen LogP contribution in [0.2, 0.25) is 0 Å². The second kappa shape index (κ2) is 6.36. The van der Waals surface area contributed by atoms with Gasteiger partial charge in [0.1, 0.15) is 0 Å². The Morgan fingerprint density at radius 1 is 1.21 bits per heavy atom. The van der Waals surface area contributed by atoms with Gasteiger partial charge in [0, 0.05) is 29.5 Å². The molecule has 0 saturated carbocycles. The van der Waals surface area contributed by atoms with Crippen LogP contribution in [0.1, 0.15) is 32.3 Å². The van der Waals surface area contributed by atoms with Crippen LogP contribution in [0.3, 0.4) is 0 Å². The summed E-state index contributed by atoms with van der Waals surface area (Å²) >= 11 is 6.11. The number of hydrogen-bond acceptors (Lipinski definition) is 2. The van der Waals surface area contributed by atoms with E-state index < -0.39 is 0 Å². The number of halogens is 1. The number of nitrogens with zero attached hydrogens (tertiary/aromatic N) is 1. The molecule has 1 aromatic carbocycles. The molecule has 1 heterocycles. The van der Waals surface area contributed by atoms with Gasteiger partial charge >= 0.3 is 0 Å². The van der Waals surface area contributed by atoms with E-state index in [4.69, 9.17) is 11.6 Å². The highest BCUT2D eigenvalue weighted by Gasteiger charge is 2.23. The first-order valence-electron chi connectivity index (χ1n) is 6.87. The number of alkyl halides is 1. The summed E-state index contributed by atoms with van der Waals surface area (Å²) in [6.07, 6.45) is 4.02. The number of benzene rings is 1. The van der Waals surface area contributed by atoms with Crippen LogP contribution in [0.15, 0.2) is 36.5 Å². The highest BCUT2D eigenvalue weighted by Crippen LogP contribution is 2.19. The fourth-order valence-electron chi connectivity index (χ4n) is 2.24. The Labute approximate surface area is 120 Å². The molecule has 0 radical (unpaired) electrons. The van der Waals surface area contributed by atoms with Gasteiger partial charge in [-0.15, -0.1) is 11.6 Å². The van der Waals surface area contributed by atoms with Gasteiger partial charge in [0.15, 0.2) is 0 Å². The molecule has 0 atom stereocenters. The number of rotatable bonds is 6. The summed E-state index contributed by atoms with van der Waals surface area (Å²) in [6.45, 7) is 5.17. The normalized spacial score (nSPS) is 11.9. The van der Waals surface area contributed by atoms with Gasteiger partial charge in [0.05, 0.1) is 5.52 Å². The van der Waals surface area contributed by atoms with Crippen molar-refractivity contribution in [1.29, 1.82) is 0 Å². The monoisotopic (exact) mass is 276 g/mol. The Balaban J connectivity index is 2.13. The van der Waals surface area contributed by atoms with Crippen LogP contribution in [0.5, 0.6) is 0 Å². The summed E-state index contributed by atoms with van der Waals surface area (Å²) in [5, 5.41) is 4.78. The van der Waals surface area contributed by atoms with Gasteiger partial charge in [-0.3, -0.25) is 4.98 Å². The van der Waals surface area contributed by atoms with Gasteiger partial charge in [0.25, 0.3) is 0 Å². The molecule has 0 unspecified atom stereocenters. The van der Waals surface area contributed by atoms with Crippen LogP contribution < -0.4 is 5.32 Å². The Morgan fingerprint density at radius 3 is 2.63 bits per heavy atom. The average Bonchev–Trinajstić information content (AvgIpc) is 2.49. The highest BCUT2D eigenvalue weighted by molar-refractivity contribution is 6.18. The zero-order valence-electron chi connectivity index (χ0n) is 11.6. The maximum Gasteiger partial charge on any atom is 0.0702 e. The fraction of sp³-hybridized carbons (Fsp3) is 0.438. The molecule has 0 fully saturated rings. The Hall–Kier alpha value is -1.12. The van der Waals surface area contributed by atoms with E-state index in [1.807, 2.05) is 24.4 Å². The Morgan fingerprint density at radius 2 is 1.95 bits per heavy atom. The van der Waals surface area contributed by atoms with Crippen LogP contribution in [0, 0.1) is 0 Å². The Bertz CT molecular complexity index is 527. The molecule has 0 spiro atoms. The topological polar surface area (TPSA) is 24.9 Å². The molecule has 0 bridgehead atoms. The number of nitrogens with one attached hydrogen (secondary N) is 1. The third kappa shape index (κ3) is 3.26. The highest BCUT2D eigenvalue weighted by atomic mass is 35.5. The predicted octanol–water partition coefficient (Wildman–Crippen LogP) is 4.12. The third-order valence-electron chi connectivity index (χ3n) is 3.92. The zero-order valence-corrected chi connectivity index (χ0v) is 12.4. The van der Waals surface area contributed by atoms with Crippen LogP contribution in [0.25, 0.3) is 10.9 Å². The van der Waals surface area contributed by atoms with E-state index >= 15 is 0 Å². The van der Waals surface area contributed by atoms with Crippen LogP contribution >= 0.6 is 11.6 Å². The molecule has 2 aromatic rings. The first-order chi connectivity index (χ1) is 9.23. The molecule has 0 amide bonds. The standard InChI is InChI=1S/C16H21ClN2/c1-3-16(4-2,12-17)19-11-13-9-14-7-5-6-8-15(14)18-10-13/h5-10,19H,3-4,11-12H2,1-2H3. The molecule has 3 heteroatoms.